The van der Waals surface area contributed by atoms with Crippen molar-refractivity contribution in [2.45, 2.75) is 46.3 Å². The predicted molar refractivity (Wildman–Crippen MR) is 115 cm³/mol. The van der Waals surface area contributed by atoms with Crippen LogP contribution in [0, 0.1) is 6.92 Å². The van der Waals surface area contributed by atoms with Crippen molar-refractivity contribution in [3.8, 4) is 5.69 Å². The van der Waals surface area contributed by atoms with Crippen LogP contribution in [0.15, 0.2) is 47.3 Å². The normalized spacial score (nSPS) is 12.6. The van der Waals surface area contributed by atoms with Crippen LogP contribution in [0.25, 0.3) is 16.6 Å². The zero-order chi connectivity index (χ0) is 21.3. The molecule has 152 valence electrons. The number of rotatable bonds is 3. The molecule has 3 rings (SSSR count). The first-order chi connectivity index (χ1) is 13.6. The van der Waals surface area contributed by atoms with Crippen LogP contribution in [-0.2, 0) is 4.74 Å². The fourth-order valence-corrected chi connectivity index (χ4v) is 3.30. The van der Waals surface area contributed by atoms with Crippen LogP contribution in [-0.4, -0.2) is 21.2 Å². The summed E-state index contributed by atoms with van der Waals surface area (Å²) < 4.78 is 6.83. The highest BCUT2D eigenvalue weighted by atomic mass is 35.5. The molecule has 2 aromatic carbocycles. The average molecular weight is 414 g/mol. The first kappa shape index (κ1) is 20.9. The highest BCUT2D eigenvalue weighted by molar-refractivity contribution is 6.35. The number of hydrogen-bond acceptors (Lipinski definition) is 4. The Balaban J connectivity index is 2.21. The summed E-state index contributed by atoms with van der Waals surface area (Å²) in [5.74, 6) is 0.393. The van der Waals surface area contributed by atoms with E-state index in [0.717, 1.165) is 5.56 Å². The molecule has 0 saturated carbocycles. The van der Waals surface area contributed by atoms with Crippen LogP contribution < -0.4 is 10.9 Å². The summed E-state index contributed by atoms with van der Waals surface area (Å²) in [6, 6.07) is 12.1. The third kappa shape index (κ3) is 4.43. The van der Waals surface area contributed by atoms with Gasteiger partial charge in [-0.05, 0) is 58.4 Å². The number of carbonyl (C=O) groups excluding carboxylic acids is 1. The van der Waals surface area contributed by atoms with Crippen molar-refractivity contribution in [1.29, 1.82) is 0 Å². The monoisotopic (exact) mass is 413 g/mol. The number of fused-ring (bicyclic) bond motifs is 1. The maximum absolute atomic E-state index is 13.4. The van der Waals surface area contributed by atoms with Gasteiger partial charge >= 0.3 is 6.09 Å². The summed E-state index contributed by atoms with van der Waals surface area (Å²) >= 11 is 6.34. The molecule has 0 spiro atoms. The van der Waals surface area contributed by atoms with E-state index in [1.807, 2.05) is 43.3 Å². The number of carbonyl (C=O) groups is 1. The van der Waals surface area contributed by atoms with Gasteiger partial charge in [0.25, 0.3) is 5.56 Å². The highest BCUT2D eigenvalue weighted by Crippen LogP contribution is 2.25. The number of nitrogens with one attached hydrogen (secondary N) is 1. The Labute approximate surface area is 174 Å². The molecule has 0 radical (unpaired) electrons. The topological polar surface area (TPSA) is 73.2 Å². The third-order valence-electron chi connectivity index (χ3n) is 4.34. The highest BCUT2D eigenvalue weighted by Gasteiger charge is 2.23. The fourth-order valence-electron chi connectivity index (χ4n) is 3.06. The first-order valence-corrected chi connectivity index (χ1v) is 9.73. The Hall–Kier alpha value is -2.86. The lowest BCUT2D eigenvalue weighted by Crippen LogP contribution is -2.37. The lowest BCUT2D eigenvalue weighted by Gasteiger charge is -2.23. The number of benzene rings is 2. The van der Waals surface area contributed by atoms with E-state index in [0.29, 0.717) is 27.4 Å². The number of alkyl carbamates (subject to hydrolysis) is 1. The lowest BCUT2D eigenvalue weighted by molar-refractivity contribution is 0.0505. The second-order valence-corrected chi connectivity index (χ2v) is 8.31. The quantitative estimate of drug-likeness (QED) is 0.660. The van der Waals surface area contributed by atoms with Gasteiger partial charge in [0.05, 0.1) is 27.7 Å². The van der Waals surface area contributed by atoms with E-state index in [1.54, 1.807) is 33.8 Å². The van der Waals surface area contributed by atoms with Gasteiger partial charge in [-0.3, -0.25) is 9.36 Å². The van der Waals surface area contributed by atoms with Crippen molar-refractivity contribution < 1.29 is 9.53 Å². The molecule has 0 saturated heterocycles. The molecule has 0 aliphatic rings. The molecule has 1 atom stereocenters. The van der Waals surface area contributed by atoms with Crippen LogP contribution in [0.4, 0.5) is 4.79 Å². The molecule has 29 heavy (non-hydrogen) atoms. The van der Waals surface area contributed by atoms with E-state index in [4.69, 9.17) is 21.3 Å². The minimum atomic E-state index is -0.635. The standard InChI is InChI=1S/C22H24ClN3O3/c1-13-11-12-16(23)17-18(13)25-19(14(2)24-21(28)29-22(3,4)5)26(20(17)27)15-9-7-6-8-10-15/h6-12,14H,1-5H3,(H,24,28). The Kier molecular flexibility index (Phi) is 5.66. The smallest absolute Gasteiger partial charge is 0.408 e. The minimum absolute atomic E-state index is 0.289. The Morgan fingerprint density at radius 1 is 1.17 bits per heavy atom. The number of halogens is 1. The molecule has 0 fully saturated rings. The maximum Gasteiger partial charge on any atom is 0.408 e. The lowest BCUT2D eigenvalue weighted by atomic mass is 10.1. The number of hydrogen-bond donors (Lipinski definition) is 1. The summed E-state index contributed by atoms with van der Waals surface area (Å²) in [6.07, 6.45) is -0.582. The van der Waals surface area contributed by atoms with Gasteiger partial charge in [0.2, 0.25) is 0 Å². The van der Waals surface area contributed by atoms with Crippen LogP contribution in [0.1, 0.15) is 45.1 Å². The number of nitrogens with zero attached hydrogens (tertiary/aromatic N) is 2. The summed E-state index contributed by atoms with van der Waals surface area (Å²) in [7, 11) is 0. The molecular weight excluding hydrogens is 390 g/mol. The second kappa shape index (κ2) is 7.87. The third-order valence-corrected chi connectivity index (χ3v) is 4.65. The van der Waals surface area contributed by atoms with Gasteiger partial charge in [-0.1, -0.05) is 35.9 Å². The number of aryl methyl sites for hydroxylation is 1. The van der Waals surface area contributed by atoms with Crippen molar-refractivity contribution in [2.24, 2.45) is 0 Å². The SMILES string of the molecule is Cc1ccc(Cl)c2c(=O)n(-c3ccccc3)c(C(C)NC(=O)OC(C)(C)C)nc12. The maximum atomic E-state index is 13.4. The van der Waals surface area contributed by atoms with E-state index in [-0.39, 0.29) is 5.56 Å². The summed E-state index contributed by atoms with van der Waals surface area (Å²) in [5.41, 5.74) is 1.05. The van der Waals surface area contributed by atoms with Gasteiger partial charge in [0.1, 0.15) is 11.4 Å². The van der Waals surface area contributed by atoms with Crippen LogP contribution >= 0.6 is 11.6 Å². The van der Waals surface area contributed by atoms with Crippen LogP contribution in [0.3, 0.4) is 0 Å². The predicted octanol–water partition coefficient (Wildman–Crippen LogP) is 4.93. The van der Waals surface area contributed by atoms with Gasteiger partial charge in [-0.15, -0.1) is 0 Å². The van der Waals surface area contributed by atoms with Crippen molar-refractivity contribution in [3.05, 3.63) is 69.2 Å². The molecule has 1 unspecified atom stereocenters. The molecule has 0 bridgehead atoms. The van der Waals surface area contributed by atoms with E-state index in [2.05, 4.69) is 5.32 Å². The van der Waals surface area contributed by atoms with E-state index in [1.165, 1.54) is 4.57 Å². The Morgan fingerprint density at radius 3 is 2.45 bits per heavy atom. The molecule has 1 heterocycles. The fraction of sp³-hybridized carbons (Fsp3) is 0.318. The second-order valence-electron chi connectivity index (χ2n) is 7.90. The van der Waals surface area contributed by atoms with Gasteiger partial charge in [0, 0.05) is 0 Å². The average Bonchev–Trinajstić information content (AvgIpc) is 2.63. The molecule has 7 heteroatoms. The van der Waals surface area contributed by atoms with Crippen molar-refractivity contribution in [3.63, 3.8) is 0 Å². The minimum Gasteiger partial charge on any atom is -0.444 e. The van der Waals surface area contributed by atoms with Gasteiger partial charge in [-0.2, -0.15) is 0 Å². The Morgan fingerprint density at radius 2 is 1.83 bits per heavy atom. The molecule has 1 amide bonds. The molecular formula is C22H24ClN3O3. The number of para-hydroxylation sites is 1. The van der Waals surface area contributed by atoms with Crippen LogP contribution in [0.5, 0.6) is 0 Å². The van der Waals surface area contributed by atoms with Crippen molar-refractivity contribution in [2.75, 3.05) is 0 Å². The van der Waals surface area contributed by atoms with E-state index < -0.39 is 17.7 Å². The number of amides is 1. The summed E-state index contributed by atoms with van der Waals surface area (Å²) in [4.78, 5) is 30.5. The molecule has 6 nitrogen and oxygen atoms in total. The molecule has 0 aliphatic heterocycles. The van der Waals surface area contributed by atoms with Crippen molar-refractivity contribution in [1.82, 2.24) is 14.9 Å². The largest absolute Gasteiger partial charge is 0.444 e. The van der Waals surface area contributed by atoms with Gasteiger partial charge in [0.15, 0.2) is 0 Å². The van der Waals surface area contributed by atoms with E-state index >= 15 is 0 Å². The van der Waals surface area contributed by atoms with E-state index in [9.17, 15) is 9.59 Å². The first-order valence-electron chi connectivity index (χ1n) is 9.35. The zero-order valence-electron chi connectivity index (χ0n) is 17.1. The molecule has 1 aromatic heterocycles. The van der Waals surface area contributed by atoms with Crippen molar-refractivity contribution >= 4 is 28.6 Å². The number of ether oxygens (including phenoxy) is 1. The molecule has 3 aromatic rings. The molecule has 1 N–H and O–H groups in total. The molecule has 0 aliphatic carbocycles. The Bertz CT molecular complexity index is 1120. The summed E-state index contributed by atoms with van der Waals surface area (Å²) in [5, 5.41) is 3.46. The summed E-state index contributed by atoms with van der Waals surface area (Å²) in [6.45, 7) is 8.99. The van der Waals surface area contributed by atoms with Gasteiger partial charge < -0.3 is 10.1 Å². The van der Waals surface area contributed by atoms with Gasteiger partial charge in [-0.25, -0.2) is 9.78 Å². The number of aromatic nitrogens is 2. The van der Waals surface area contributed by atoms with Crippen LogP contribution in [0.2, 0.25) is 5.02 Å². The zero-order valence-corrected chi connectivity index (χ0v) is 17.9.